The van der Waals surface area contributed by atoms with Gasteiger partial charge in [0.1, 0.15) is 0 Å². The number of carbonyl (C=O) groups excluding carboxylic acids is 3. The number of carbonyl (C=O) groups is 3. The molecule has 2 rings (SSSR count). The van der Waals surface area contributed by atoms with Gasteiger partial charge < -0.3 is 15.0 Å². The summed E-state index contributed by atoms with van der Waals surface area (Å²) in [6.45, 7) is 3.33. The van der Waals surface area contributed by atoms with E-state index < -0.39 is 11.9 Å². The van der Waals surface area contributed by atoms with Gasteiger partial charge in [-0.3, -0.25) is 14.4 Å². The Hall–Kier alpha value is -2.80. The van der Waals surface area contributed by atoms with Gasteiger partial charge in [0.2, 0.25) is 5.91 Å². The fourth-order valence-electron chi connectivity index (χ4n) is 2.32. The summed E-state index contributed by atoms with van der Waals surface area (Å²) in [4.78, 5) is 38.2. The van der Waals surface area contributed by atoms with E-state index in [1.165, 1.54) is 23.7 Å². The Labute approximate surface area is 169 Å². The zero-order valence-corrected chi connectivity index (χ0v) is 17.0. The molecule has 0 heterocycles. The minimum atomic E-state index is -0.476. The monoisotopic (exact) mass is 400 g/mol. The van der Waals surface area contributed by atoms with E-state index in [1.54, 1.807) is 0 Å². The van der Waals surface area contributed by atoms with Crippen molar-refractivity contribution in [1.29, 1.82) is 0 Å². The molecule has 0 saturated carbocycles. The lowest BCUT2D eigenvalue weighted by Crippen LogP contribution is -2.37. The summed E-state index contributed by atoms with van der Waals surface area (Å²) in [6.07, 6.45) is 0. The van der Waals surface area contributed by atoms with Crippen molar-refractivity contribution < 1.29 is 19.1 Å². The molecule has 0 bridgehead atoms. The van der Waals surface area contributed by atoms with Gasteiger partial charge in [0, 0.05) is 17.6 Å². The highest BCUT2D eigenvalue weighted by molar-refractivity contribution is 8.00. The van der Waals surface area contributed by atoms with Crippen molar-refractivity contribution in [3.05, 3.63) is 59.7 Å². The van der Waals surface area contributed by atoms with Crippen molar-refractivity contribution in [1.82, 2.24) is 4.90 Å². The Morgan fingerprint density at radius 3 is 2.50 bits per heavy atom. The molecule has 148 valence electrons. The van der Waals surface area contributed by atoms with E-state index in [1.807, 2.05) is 62.4 Å². The number of amides is 2. The molecule has 0 aromatic heterocycles. The molecule has 7 heteroatoms. The van der Waals surface area contributed by atoms with Crippen LogP contribution in [0.25, 0.3) is 0 Å². The van der Waals surface area contributed by atoms with E-state index in [-0.39, 0.29) is 24.8 Å². The molecule has 0 radical (unpaired) electrons. The lowest BCUT2D eigenvalue weighted by atomic mass is 10.1. The number of anilines is 1. The van der Waals surface area contributed by atoms with Crippen LogP contribution >= 0.6 is 11.8 Å². The maximum atomic E-state index is 12.2. The lowest BCUT2D eigenvalue weighted by Gasteiger charge is -2.17. The van der Waals surface area contributed by atoms with E-state index in [9.17, 15) is 14.4 Å². The Bertz CT molecular complexity index is 840. The minimum Gasteiger partial charge on any atom is -0.455 e. The number of benzene rings is 2. The van der Waals surface area contributed by atoms with Crippen molar-refractivity contribution in [3.63, 3.8) is 0 Å². The highest BCUT2D eigenvalue weighted by Crippen LogP contribution is 2.17. The normalized spacial score (nSPS) is 10.2. The molecule has 2 aromatic rings. The van der Waals surface area contributed by atoms with Crippen molar-refractivity contribution in [2.75, 3.05) is 31.3 Å². The fraction of sp³-hybridized carbons (Fsp3) is 0.286. The molecule has 0 unspecified atom stereocenters. The number of hydrogen-bond acceptors (Lipinski definition) is 5. The van der Waals surface area contributed by atoms with Crippen molar-refractivity contribution in [2.24, 2.45) is 0 Å². The summed E-state index contributed by atoms with van der Waals surface area (Å²) < 4.78 is 5.00. The van der Waals surface area contributed by atoms with E-state index in [2.05, 4.69) is 5.32 Å². The van der Waals surface area contributed by atoms with Crippen LogP contribution in [0, 0.1) is 13.8 Å². The van der Waals surface area contributed by atoms with Crippen molar-refractivity contribution >= 4 is 35.2 Å². The molecule has 2 amide bonds. The summed E-state index contributed by atoms with van der Waals surface area (Å²) in [5.41, 5.74) is 2.69. The topological polar surface area (TPSA) is 75.7 Å². The first kappa shape index (κ1) is 21.5. The molecule has 0 aliphatic carbocycles. The van der Waals surface area contributed by atoms with E-state index >= 15 is 0 Å². The first-order chi connectivity index (χ1) is 13.3. The fourth-order valence-corrected chi connectivity index (χ4v) is 3.03. The Morgan fingerprint density at radius 1 is 1.07 bits per heavy atom. The first-order valence-electron chi connectivity index (χ1n) is 8.79. The molecule has 1 N–H and O–H groups in total. The first-order valence-corrected chi connectivity index (χ1v) is 9.78. The number of aryl methyl sites for hydroxylation is 2. The minimum absolute atomic E-state index is 0.119. The summed E-state index contributed by atoms with van der Waals surface area (Å²) in [7, 11) is 1.50. The smallest absolute Gasteiger partial charge is 0.316 e. The van der Waals surface area contributed by atoms with Crippen molar-refractivity contribution in [3.8, 4) is 0 Å². The van der Waals surface area contributed by atoms with Gasteiger partial charge in [-0.2, -0.15) is 0 Å². The standard InChI is InChI=1S/C21H24N2O4S/c1-15-9-10-16(2)18(11-15)22-19(24)12-23(3)20(25)13-27-21(26)14-28-17-7-5-4-6-8-17/h4-11H,12-14H2,1-3H3,(H,22,24). The Kier molecular flexibility index (Phi) is 8.07. The number of ether oxygens (including phenoxy) is 1. The third-order valence-corrected chi connectivity index (χ3v) is 4.92. The van der Waals surface area contributed by atoms with Gasteiger partial charge in [0.25, 0.3) is 5.91 Å². The SMILES string of the molecule is Cc1ccc(C)c(NC(=O)CN(C)C(=O)COC(=O)CSc2ccccc2)c1. The summed E-state index contributed by atoms with van der Waals surface area (Å²) in [6, 6.07) is 15.2. The molecule has 0 aliphatic rings. The van der Waals surface area contributed by atoms with Crippen LogP contribution in [0.15, 0.2) is 53.4 Å². The zero-order chi connectivity index (χ0) is 20.5. The number of rotatable bonds is 8. The van der Waals surface area contributed by atoms with Crippen LogP contribution in [-0.2, 0) is 19.1 Å². The van der Waals surface area contributed by atoms with Crippen LogP contribution in [0.5, 0.6) is 0 Å². The second-order valence-electron chi connectivity index (χ2n) is 6.38. The predicted molar refractivity (Wildman–Crippen MR) is 110 cm³/mol. The van der Waals surface area contributed by atoms with Gasteiger partial charge in [-0.05, 0) is 43.2 Å². The molecule has 2 aromatic carbocycles. The largest absolute Gasteiger partial charge is 0.455 e. The second kappa shape index (κ2) is 10.5. The maximum Gasteiger partial charge on any atom is 0.316 e. The number of esters is 1. The summed E-state index contributed by atoms with van der Waals surface area (Å²) in [5.74, 6) is -1.10. The van der Waals surface area contributed by atoms with Crippen LogP contribution in [0.3, 0.4) is 0 Å². The van der Waals surface area contributed by atoms with E-state index in [4.69, 9.17) is 4.74 Å². The number of nitrogens with zero attached hydrogens (tertiary/aromatic N) is 1. The zero-order valence-electron chi connectivity index (χ0n) is 16.2. The van der Waals surface area contributed by atoms with Crippen LogP contribution < -0.4 is 5.32 Å². The van der Waals surface area contributed by atoms with Crippen molar-refractivity contribution in [2.45, 2.75) is 18.7 Å². The number of hydrogen-bond donors (Lipinski definition) is 1. The molecule has 6 nitrogen and oxygen atoms in total. The van der Waals surface area contributed by atoms with E-state index in [0.717, 1.165) is 21.7 Å². The third-order valence-electron chi connectivity index (χ3n) is 3.93. The van der Waals surface area contributed by atoms with Gasteiger partial charge in [0.15, 0.2) is 6.61 Å². The third kappa shape index (κ3) is 7.08. The van der Waals surface area contributed by atoms with Gasteiger partial charge in [-0.25, -0.2) is 0 Å². The van der Waals surface area contributed by atoms with Crippen LogP contribution in [0.4, 0.5) is 5.69 Å². The van der Waals surface area contributed by atoms with Gasteiger partial charge >= 0.3 is 5.97 Å². The molecule has 0 spiro atoms. The second-order valence-corrected chi connectivity index (χ2v) is 7.43. The quantitative estimate of drug-likeness (QED) is 0.545. The molecule has 28 heavy (non-hydrogen) atoms. The Morgan fingerprint density at radius 2 is 1.79 bits per heavy atom. The predicted octanol–water partition coefficient (Wildman–Crippen LogP) is 3.04. The summed E-state index contributed by atoms with van der Waals surface area (Å²) in [5, 5.41) is 2.80. The van der Waals surface area contributed by atoms with Gasteiger partial charge in [-0.1, -0.05) is 30.3 Å². The molecule has 0 fully saturated rings. The lowest BCUT2D eigenvalue weighted by molar-refractivity contribution is -0.149. The van der Waals surface area contributed by atoms with Gasteiger partial charge in [0.05, 0.1) is 12.3 Å². The highest BCUT2D eigenvalue weighted by atomic mass is 32.2. The average Bonchev–Trinajstić information content (AvgIpc) is 2.68. The highest BCUT2D eigenvalue weighted by Gasteiger charge is 2.16. The summed E-state index contributed by atoms with van der Waals surface area (Å²) >= 11 is 1.34. The molecule has 0 saturated heterocycles. The molecular formula is C21H24N2O4S. The van der Waals surface area contributed by atoms with Crippen LogP contribution in [0.2, 0.25) is 0 Å². The van der Waals surface area contributed by atoms with Crippen LogP contribution in [0.1, 0.15) is 11.1 Å². The number of likely N-dealkylation sites (N-methyl/N-ethyl adjacent to an activating group) is 1. The van der Waals surface area contributed by atoms with E-state index in [0.29, 0.717) is 0 Å². The average molecular weight is 401 g/mol. The molecule has 0 atom stereocenters. The van der Waals surface area contributed by atoms with Crippen LogP contribution in [-0.4, -0.2) is 48.6 Å². The number of nitrogens with one attached hydrogen (secondary N) is 1. The van der Waals surface area contributed by atoms with Gasteiger partial charge in [-0.15, -0.1) is 11.8 Å². The maximum absolute atomic E-state index is 12.2. The molecule has 0 aliphatic heterocycles. The molecular weight excluding hydrogens is 376 g/mol. The number of thioether (sulfide) groups is 1. The Balaban J connectivity index is 1.73.